The number of hydrogen-bond acceptors (Lipinski definition) is 7. The molecule has 3 aromatic rings. The Bertz CT molecular complexity index is 1200. The SMILES string of the molecule is CC.CF.COc1ccc(F)cc1C(=O)NCc1ccc(C(=N)c2c(N)ncnc2NC2CCCC2)cc1. The average Bonchev–Trinajstić information content (AvgIpc) is 3.47. The van der Waals surface area contributed by atoms with Crippen LogP contribution in [0.3, 0.4) is 0 Å². The summed E-state index contributed by atoms with van der Waals surface area (Å²) in [6.45, 7) is 4.23. The summed E-state index contributed by atoms with van der Waals surface area (Å²) in [7, 11) is 1.93. The lowest BCUT2D eigenvalue weighted by Crippen LogP contribution is -2.23. The Balaban J connectivity index is 0.00000121. The number of nitrogen functional groups attached to an aromatic ring is 1. The summed E-state index contributed by atoms with van der Waals surface area (Å²) in [5, 5.41) is 14.9. The zero-order valence-electron chi connectivity index (χ0n) is 22.3. The molecule has 5 N–H and O–H groups in total. The van der Waals surface area contributed by atoms with Crippen LogP contribution >= 0.6 is 0 Å². The summed E-state index contributed by atoms with van der Waals surface area (Å²) < 4.78 is 28.2. The Hall–Kier alpha value is -4.08. The Morgan fingerprint density at radius 2 is 1.76 bits per heavy atom. The number of ether oxygens (including phenoxy) is 1. The van der Waals surface area contributed by atoms with Gasteiger partial charge in [0.1, 0.15) is 29.5 Å². The zero-order chi connectivity index (χ0) is 28.1. The van der Waals surface area contributed by atoms with Gasteiger partial charge in [0, 0.05) is 18.2 Å². The van der Waals surface area contributed by atoms with Crippen LogP contribution in [0.4, 0.5) is 20.4 Å². The number of carbonyl (C=O) groups excluding carboxylic acids is 1. The van der Waals surface area contributed by atoms with Crippen LogP contribution in [0.25, 0.3) is 0 Å². The van der Waals surface area contributed by atoms with E-state index in [4.69, 9.17) is 15.9 Å². The van der Waals surface area contributed by atoms with Crippen molar-refractivity contribution >= 4 is 23.3 Å². The molecule has 1 saturated carbocycles. The predicted octanol–water partition coefficient (Wildman–Crippen LogP) is 5.52. The Morgan fingerprint density at radius 1 is 1.11 bits per heavy atom. The first-order valence-electron chi connectivity index (χ1n) is 12.5. The number of rotatable bonds is 8. The summed E-state index contributed by atoms with van der Waals surface area (Å²) >= 11 is 0. The van der Waals surface area contributed by atoms with Crippen LogP contribution in [0.15, 0.2) is 48.8 Å². The molecule has 2 aromatic carbocycles. The second-order valence-electron chi connectivity index (χ2n) is 8.21. The fraction of sp³-hybridized carbons (Fsp3) is 0.357. The Labute approximate surface area is 222 Å². The van der Waals surface area contributed by atoms with Crippen molar-refractivity contribution in [3.63, 3.8) is 0 Å². The molecule has 1 heterocycles. The van der Waals surface area contributed by atoms with Gasteiger partial charge in [0.2, 0.25) is 0 Å². The molecule has 1 aliphatic carbocycles. The second kappa shape index (κ2) is 15.2. The number of halogens is 2. The van der Waals surface area contributed by atoms with Gasteiger partial charge in [-0.1, -0.05) is 51.0 Å². The first-order valence-corrected chi connectivity index (χ1v) is 12.5. The number of aromatic nitrogens is 2. The van der Waals surface area contributed by atoms with Gasteiger partial charge >= 0.3 is 0 Å². The smallest absolute Gasteiger partial charge is 0.255 e. The molecule has 0 saturated heterocycles. The molecule has 8 nitrogen and oxygen atoms in total. The van der Waals surface area contributed by atoms with Gasteiger partial charge in [0.15, 0.2) is 0 Å². The van der Waals surface area contributed by atoms with E-state index >= 15 is 0 Å². The summed E-state index contributed by atoms with van der Waals surface area (Å²) in [4.78, 5) is 20.9. The predicted molar refractivity (Wildman–Crippen MR) is 147 cm³/mol. The van der Waals surface area contributed by atoms with E-state index in [1.54, 1.807) is 12.1 Å². The van der Waals surface area contributed by atoms with Crippen molar-refractivity contribution in [1.29, 1.82) is 5.41 Å². The topological polar surface area (TPSA) is 126 Å². The van der Waals surface area contributed by atoms with Gasteiger partial charge in [0.25, 0.3) is 5.91 Å². The first kappa shape index (κ1) is 30.1. The van der Waals surface area contributed by atoms with E-state index in [0.717, 1.165) is 24.5 Å². The third kappa shape index (κ3) is 7.71. The van der Waals surface area contributed by atoms with Crippen molar-refractivity contribution in [2.75, 3.05) is 25.3 Å². The number of alkyl halides is 1. The van der Waals surface area contributed by atoms with Gasteiger partial charge in [-0.3, -0.25) is 14.6 Å². The van der Waals surface area contributed by atoms with Crippen LogP contribution in [-0.4, -0.2) is 41.9 Å². The van der Waals surface area contributed by atoms with E-state index in [1.807, 2.05) is 26.0 Å². The van der Waals surface area contributed by atoms with E-state index in [-0.39, 0.29) is 23.6 Å². The van der Waals surface area contributed by atoms with E-state index in [1.165, 1.54) is 38.4 Å². The number of nitrogens with zero attached hydrogens (tertiary/aromatic N) is 2. The maximum Gasteiger partial charge on any atom is 0.255 e. The highest BCUT2D eigenvalue weighted by atomic mass is 19.1. The fourth-order valence-corrected chi connectivity index (χ4v) is 4.09. The van der Waals surface area contributed by atoms with Crippen LogP contribution in [0.2, 0.25) is 0 Å². The molecule has 38 heavy (non-hydrogen) atoms. The number of benzene rings is 2. The summed E-state index contributed by atoms with van der Waals surface area (Å²) in [6.07, 6.45) is 5.89. The third-order valence-corrected chi connectivity index (χ3v) is 5.92. The van der Waals surface area contributed by atoms with Gasteiger partial charge in [-0.05, 0) is 36.6 Å². The molecule has 0 spiro atoms. The maximum absolute atomic E-state index is 13.6. The van der Waals surface area contributed by atoms with Crippen LogP contribution in [-0.2, 0) is 6.54 Å². The van der Waals surface area contributed by atoms with Crippen molar-refractivity contribution in [1.82, 2.24) is 15.3 Å². The molecule has 1 aromatic heterocycles. The first-order chi connectivity index (χ1) is 18.5. The van der Waals surface area contributed by atoms with Gasteiger partial charge in [-0.25, -0.2) is 14.4 Å². The molecule has 0 atom stereocenters. The lowest BCUT2D eigenvalue weighted by molar-refractivity contribution is 0.0947. The van der Waals surface area contributed by atoms with Crippen molar-refractivity contribution in [2.45, 2.75) is 52.1 Å². The van der Waals surface area contributed by atoms with Crippen molar-refractivity contribution < 1.29 is 18.3 Å². The molecule has 0 aliphatic heterocycles. The minimum atomic E-state index is -0.514. The molecular weight excluding hydrogens is 490 g/mol. The number of carbonyl (C=O) groups is 1. The fourth-order valence-electron chi connectivity index (χ4n) is 4.09. The van der Waals surface area contributed by atoms with Crippen LogP contribution in [0, 0.1) is 11.2 Å². The van der Waals surface area contributed by atoms with Gasteiger partial charge in [-0.15, -0.1) is 0 Å². The molecule has 204 valence electrons. The average molecular weight is 527 g/mol. The van der Waals surface area contributed by atoms with Crippen molar-refractivity contribution in [3.8, 4) is 5.75 Å². The lowest BCUT2D eigenvalue weighted by Gasteiger charge is -2.17. The van der Waals surface area contributed by atoms with Crippen LogP contribution in [0.1, 0.15) is 66.6 Å². The molecule has 0 radical (unpaired) electrons. The van der Waals surface area contributed by atoms with Crippen molar-refractivity contribution in [3.05, 3.63) is 76.9 Å². The summed E-state index contributed by atoms with van der Waals surface area (Å²) in [5.41, 5.74) is 8.42. The lowest BCUT2D eigenvalue weighted by atomic mass is 10.0. The Morgan fingerprint density at radius 3 is 2.39 bits per heavy atom. The summed E-state index contributed by atoms with van der Waals surface area (Å²) in [6, 6.07) is 11.3. The largest absolute Gasteiger partial charge is 0.496 e. The minimum Gasteiger partial charge on any atom is -0.496 e. The number of methoxy groups -OCH3 is 1. The third-order valence-electron chi connectivity index (χ3n) is 5.92. The molecular formula is C28H36F2N6O2. The van der Waals surface area contributed by atoms with Gasteiger partial charge < -0.3 is 21.1 Å². The van der Waals surface area contributed by atoms with E-state index in [2.05, 4.69) is 20.6 Å². The molecule has 4 rings (SSSR count). The number of anilines is 2. The Kier molecular flexibility index (Phi) is 12.1. The molecule has 1 aliphatic rings. The normalized spacial score (nSPS) is 12.4. The number of hydrogen-bond donors (Lipinski definition) is 4. The van der Waals surface area contributed by atoms with Crippen LogP contribution in [0.5, 0.6) is 5.75 Å². The zero-order valence-corrected chi connectivity index (χ0v) is 22.3. The van der Waals surface area contributed by atoms with Gasteiger partial charge in [-0.2, -0.15) is 0 Å². The molecule has 10 heteroatoms. The molecule has 1 fully saturated rings. The standard InChI is InChI=1S/C25H27FN6O2.C2H6.CH3F/c1-34-20-11-10-17(26)12-19(20)25(33)29-13-15-6-8-16(9-7-15)22(27)21-23(28)30-14-31-24(21)32-18-4-2-3-5-18;2*1-2/h6-12,14,18,27H,2-5,13H2,1H3,(H,29,33)(H3,28,30,31,32);1-2H3;1H3. The van der Waals surface area contributed by atoms with Crippen molar-refractivity contribution in [2.24, 2.45) is 0 Å². The van der Waals surface area contributed by atoms with E-state index in [9.17, 15) is 13.6 Å². The molecule has 0 unspecified atom stereocenters. The minimum absolute atomic E-state index is 0.128. The summed E-state index contributed by atoms with van der Waals surface area (Å²) in [5.74, 6) is 0.169. The highest BCUT2D eigenvalue weighted by Crippen LogP contribution is 2.27. The maximum atomic E-state index is 13.6. The quantitative estimate of drug-likeness (QED) is 0.286. The van der Waals surface area contributed by atoms with Gasteiger partial charge in [0.05, 0.1) is 31.1 Å². The van der Waals surface area contributed by atoms with E-state index in [0.29, 0.717) is 35.9 Å². The number of amides is 1. The highest BCUT2D eigenvalue weighted by molar-refractivity contribution is 6.16. The van der Waals surface area contributed by atoms with E-state index < -0.39 is 11.7 Å². The number of nitrogens with one attached hydrogen (secondary N) is 3. The molecule has 0 bridgehead atoms. The molecule has 1 amide bonds. The van der Waals surface area contributed by atoms with Crippen LogP contribution < -0.4 is 21.1 Å². The second-order valence-corrected chi connectivity index (χ2v) is 8.21. The highest BCUT2D eigenvalue weighted by Gasteiger charge is 2.21. The monoisotopic (exact) mass is 526 g/mol. The number of nitrogens with two attached hydrogens (primary N) is 1.